The Morgan fingerprint density at radius 3 is 2.48 bits per heavy atom. The molecular formula is C17H21NO5. The smallest absolute Gasteiger partial charge is 0.408 e. The van der Waals surface area contributed by atoms with Crippen molar-refractivity contribution >= 4 is 12.1 Å². The zero-order valence-electron chi connectivity index (χ0n) is 14.0. The lowest BCUT2D eigenvalue weighted by Gasteiger charge is -2.19. The van der Waals surface area contributed by atoms with E-state index in [4.69, 9.17) is 9.47 Å². The molecule has 1 amide bonds. The fraction of sp³-hybridized carbons (Fsp3) is 0.412. The summed E-state index contributed by atoms with van der Waals surface area (Å²) in [5.74, 6) is 5.71. The number of rotatable bonds is 3. The molecule has 23 heavy (non-hydrogen) atoms. The van der Waals surface area contributed by atoms with Crippen LogP contribution in [0, 0.1) is 11.8 Å². The summed E-state index contributed by atoms with van der Waals surface area (Å²) in [6.45, 7) is 5.45. The summed E-state index contributed by atoms with van der Waals surface area (Å²) in [6, 6.07) is 4.80. The van der Waals surface area contributed by atoms with Crippen LogP contribution in [-0.2, 0) is 9.47 Å². The molecule has 0 heterocycles. The Balaban J connectivity index is 2.77. The molecule has 0 saturated heterocycles. The van der Waals surface area contributed by atoms with Crippen LogP contribution in [-0.4, -0.2) is 38.4 Å². The van der Waals surface area contributed by atoms with Crippen LogP contribution in [0.2, 0.25) is 0 Å². The monoisotopic (exact) mass is 319 g/mol. The van der Waals surface area contributed by atoms with Crippen LogP contribution >= 0.6 is 0 Å². The average molecular weight is 319 g/mol. The van der Waals surface area contributed by atoms with E-state index in [0.717, 1.165) is 0 Å². The first-order valence-corrected chi connectivity index (χ1v) is 6.99. The second-order valence-electron chi connectivity index (χ2n) is 5.56. The predicted molar refractivity (Wildman–Crippen MR) is 85.4 cm³/mol. The molecule has 0 spiro atoms. The molecule has 0 saturated carbocycles. The molecule has 1 N–H and O–H groups in total. The molecule has 0 aromatic heterocycles. The van der Waals surface area contributed by atoms with Gasteiger partial charge in [0.25, 0.3) is 0 Å². The lowest BCUT2D eigenvalue weighted by atomic mass is 10.1. The topological polar surface area (TPSA) is 73.9 Å². The number of hydrogen-bond donors (Lipinski definition) is 1. The first-order chi connectivity index (χ1) is 10.8. The van der Waals surface area contributed by atoms with Crippen LogP contribution in [0.4, 0.5) is 4.79 Å². The summed E-state index contributed by atoms with van der Waals surface area (Å²) >= 11 is 0. The van der Waals surface area contributed by atoms with Gasteiger partial charge >= 0.3 is 12.1 Å². The number of amides is 1. The minimum Gasteiger partial charge on any atom is -0.495 e. The lowest BCUT2D eigenvalue weighted by Crippen LogP contribution is -2.32. The van der Waals surface area contributed by atoms with Crippen molar-refractivity contribution in [1.29, 1.82) is 0 Å². The van der Waals surface area contributed by atoms with Gasteiger partial charge in [0.15, 0.2) is 0 Å². The summed E-state index contributed by atoms with van der Waals surface area (Å²) < 4.78 is 15.0. The molecule has 0 fully saturated rings. The molecule has 1 aromatic rings. The molecule has 124 valence electrons. The Morgan fingerprint density at radius 1 is 1.22 bits per heavy atom. The Morgan fingerprint density at radius 2 is 1.91 bits per heavy atom. The van der Waals surface area contributed by atoms with Crippen molar-refractivity contribution in [1.82, 2.24) is 5.32 Å². The predicted octanol–water partition coefficient (Wildman–Crippen LogP) is 2.36. The van der Waals surface area contributed by atoms with Gasteiger partial charge in [0.2, 0.25) is 0 Å². The van der Waals surface area contributed by atoms with E-state index < -0.39 is 17.7 Å². The molecule has 0 atom stereocenters. The van der Waals surface area contributed by atoms with E-state index in [0.29, 0.717) is 16.9 Å². The number of carbonyl (C=O) groups excluding carboxylic acids is 2. The van der Waals surface area contributed by atoms with Gasteiger partial charge in [0, 0.05) is 0 Å². The number of hydrogen-bond acceptors (Lipinski definition) is 5. The summed E-state index contributed by atoms with van der Waals surface area (Å²) in [5.41, 5.74) is 0.342. The Bertz CT molecular complexity index is 635. The maximum Gasteiger partial charge on any atom is 0.408 e. The number of esters is 1. The fourth-order valence-corrected chi connectivity index (χ4v) is 1.62. The van der Waals surface area contributed by atoms with Crippen LogP contribution in [0.25, 0.3) is 0 Å². The number of ether oxygens (including phenoxy) is 3. The van der Waals surface area contributed by atoms with Crippen molar-refractivity contribution in [3.05, 3.63) is 29.3 Å². The van der Waals surface area contributed by atoms with Gasteiger partial charge in [-0.2, -0.15) is 0 Å². The quantitative estimate of drug-likeness (QED) is 0.684. The second kappa shape index (κ2) is 8.08. The van der Waals surface area contributed by atoms with E-state index in [9.17, 15) is 9.59 Å². The van der Waals surface area contributed by atoms with Gasteiger partial charge in [0.05, 0.1) is 31.9 Å². The largest absolute Gasteiger partial charge is 0.495 e. The molecular weight excluding hydrogens is 298 g/mol. The second-order valence-corrected chi connectivity index (χ2v) is 5.56. The van der Waals surface area contributed by atoms with E-state index in [1.807, 2.05) is 0 Å². The Hall–Kier alpha value is -2.68. The number of carbonyl (C=O) groups is 2. The van der Waals surface area contributed by atoms with E-state index in [1.165, 1.54) is 14.2 Å². The van der Waals surface area contributed by atoms with Gasteiger partial charge in [0.1, 0.15) is 11.4 Å². The van der Waals surface area contributed by atoms with Crippen molar-refractivity contribution in [2.24, 2.45) is 0 Å². The fourth-order valence-electron chi connectivity index (χ4n) is 1.62. The van der Waals surface area contributed by atoms with Crippen LogP contribution in [0.3, 0.4) is 0 Å². The average Bonchev–Trinajstić information content (AvgIpc) is 2.48. The molecule has 0 aliphatic heterocycles. The molecule has 0 unspecified atom stereocenters. The summed E-state index contributed by atoms with van der Waals surface area (Å²) in [4.78, 5) is 23.0. The highest BCUT2D eigenvalue weighted by atomic mass is 16.6. The lowest BCUT2D eigenvalue weighted by molar-refractivity contribution is 0.0533. The number of benzene rings is 1. The summed E-state index contributed by atoms with van der Waals surface area (Å²) in [5, 5.41) is 2.53. The molecule has 0 aliphatic rings. The molecule has 0 radical (unpaired) electrons. The first kappa shape index (κ1) is 18.4. The van der Waals surface area contributed by atoms with Crippen molar-refractivity contribution in [2.75, 3.05) is 20.8 Å². The van der Waals surface area contributed by atoms with E-state index >= 15 is 0 Å². The molecule has 0 aliphatic carbocycles. The third-order valence-electron chi connectivity index (χ3n) is 2.56. The molecule has 1 aromatic carbocycles. The maximum absolute atomic E-state index is 11.5. The molecule has 0 bridgehead atoms. The van der Waals surface area contributed by atoms with Gasteiger partial charge in [-0.15, -0.1) is 0 Å². The zero-order valence-corrected chi connectivity index (χ0v) is 14.0. The number of alkyl carbamates (subject to hydrolysis) is 1. The normalized spacial score (nSPS) is 10.1. The van der Waals surface area contributed by atoms with Crippen LogP contribution in [0.1, 0.15) is 36.7 Å². The van der Waals surface area contributed by atoms with E-state index in [1.54, 1.807) is 39.0 Å². The van der Waals surface area contributed by atoms with Crippen LogP contribution in [0.5, 0.6) is 5.75 Å². The highest BCUT2D eigenvalue weighted by Gasteiger charge is 2.15. The maximum atomic E-state index is 11.5. The molecule has 6 nitrogen and oxygen atoms in total. The Labute approximate surface area is 136 Å². The van der Waals surface area contributed by atoms with Crippen molar-refractivity contribution in [3.63, 3.8) is 0 Å². The van der Waals surface area contributed by atoms with E-state index in [-0.39, 0.29) is 6.54 Å². The number of methoxy groups -OCH3 is 2. The minimum atomic E-state index is -0.560. The highest BCUT2D eigenvalue weighted by molar-refractivity contribution is 5.90. The van der Waals surface area contributed by atoms with Crippen molar-refractivity contribution in [3.8, 4) is 17.6 Å². The van der Waals surface area contributed by atoms with Gasteiger partial charge in [-0.3, -0.25) is 0 Å². The standard InChI is InChI=1S/C17H21NO5/c1-17(2,3)23-16(20)18-10-6-7-12-11-13(15(19)22-5)8-9-14(12)21-4/h8-9,11H,10H2,1-5H3,(H,18,20). The van der Waals surface area contributed by atoms with Crippen molar-refractivity contribution < 1.29 is 23.8 Å². The third kappa shape index (κ3) is 6.30. The summed E-state index contributed by atoms with van der Waals surface area (Å²) in [6.07, 6.45) is -0.540. The van der Waals surface area contributed by atoms with Gasteiger partial charge < -0.3 is 19.5 Å². The SMILES string of the molecule is COC(=O)c1ccc(OC)c(C#CCNC(=O)OC(C)(C)C)c1. The zero-order chi connectivity index (χ0) is 17.5. The molecule has 6 heteroatoms. The van der Waals surface area contributed by atoms with E-state index in [2.05, 4.69) is 21.9 Å². The first-order valence-electron chi connectivity index (χ1n) is 6.99. The van der Waals surface area contributed by atoms with Crippen LogP contribution < -0.4 is 10.1 Å². The highest BCUT2D eigenvalue weighted by Crippen LogP contribution is 2.19. The minimum absolute atomic E-state index is 0.112. The van der Waals surface area contributed by atoms with Gasteiger partial charge in [-0.1, -0.05) is 11.8 Å². The number of nitrogens with one attached hydrogen (secondary N) is 1. The Kier molecular flexibility index (Phi) is 6.46. The van der Waals surface area contributed by atoms with Gasteiger partial charge in [-0.05, 0) is 39.0 Å². The third-order valence-corrected chi connectivity index (χ3v) is 2.56. The van der Waals surface area contributed by atoms with Crippen LogP contribution in [0.15, 0.2) is 18.2 Å². The molecule has 1 rings (SSSR count). The van der Waals surface area contributed by atoms with Gasteiger partial charge in [-0.25, -0.2) is 9.59 Å². The van der Waals surface area contributed by atoms with Crippen molar-refractivity contribution in [2.45, 2.75) is 26.4 Å². The summed E-state index contributed by atoms with van der Waals surface area (Å²) in [7, 11) is 2.82.